The summed E-state index contributed by atoms with van der Waals surface area (Å²) < 4.78 is 11.0. The van der Waals surface area contributed by atoms with Gasteiger partial charge in [-0.15, -0.1) is 0 Å². The highest BCUT2D eigenvalue weighted by molar-refractivity contribution is 5.91. The number of amides is 1. The fraction of sp³-hybridized carbons (Fsp3) is 0.778. The maximum Gasteiger partial charge on any atom is 0.273 e. The van der Waals surface area contributed by atoms with E-state index in [1.807, 2.05) is 0 Å². The fourth-order valence-electron chi connectivity index (χ4n) is 3.33. The van der Waals surface area contributed by atoms with Gasteiger partial charge in [0.25, 0.3) is 5.91 Å². The summed E-state index contributed by atoms with van der Waals surface area (Å²) in [6.45, 7) is 9.65. The van der Waals surface area contributed by atoms with Gasteiger partial charge in [0.1, 0.15) is 6.26 Å². The summed E-state index contributed by atoms with van der Waals surface area (Å²) in [5, 5.41) is 2.88. The van der Waals surface area contributed by atoms with E-state index in [1.165, 1.54) is 25.6 Å². The maximum absolute atomic E-state index is 12.1. The highest BCUT2D eigenvalue weighted by Crippen LogP contribution is 2.12. The molecule has 7 heteroatoms. The molecule has 3 heterocycles. The third kappa shape index (κ3) is 5.52. The first-order valence-corrected chi connectivity index (χ1v) is 9.53. The van der Waals surface area contributed by atoms with Crippen LogP contribution in [-0.2, 0) is 11.3 Å². The molecule has 2 saturated heterocycles. The molecule has 0 aromatic carbocycles. The molecule has 0 saturated carbocycles. The lowest BCUT2D eigenvalue weighted by Crippen LogP contribution is -2.46. The molecule has 1 aromatic rings. The quantitative estimate of drug-likeness (QED) is 0.766. The van der Waals surface area contributed by atoms with Crippen molar-refractivity contribution in [3.8, 4) is 0 Å². The number of oxazole rings is 1. The molecule has 140 valence electrons. The second-order valence-electron chi connectivity index (χ2n) is 6.94. The highest BCUT2D eigenvalue weighted by atomic mass is 16.5. The van der Waals surface area contributed by atoms with Gasteiger partial charge in [-0.3, -0.25) is 9.69 Å². The molecule has 2 aliphatic rings. The van der Waals surface area contributed by atoms with Gasteiger partial charge in [0.2, 0.25) is 5.89 Å². The summed E-state index contributed by atoms with van der Waals surface area (Å²) >= 11 is 0. The van der Waals surface area contributed by atoms with Gasteiger partial charge >= 0.3 is 0 Å². The zero-order chi connectivity index (χ0) is 17.5. The van der Waals surface area contributed by atoms with E-state index in [0.717, 1.165) is 45.6 Å². The van der Waals surface area contributed by atoms with E-state index in [9.17, 15) is 4.79 Å². The second kappa shape index (κ2) is 9.31. The summed E-state index contributed by atoms with van der Waals surface area (Å²) in [7, 11) is 0. The van der Waals surface area contributed by atoms with E-state index in [-0.39, 0.29) is 12.0 Å². The van der Waals surface area contributed by atoms with Gasteiger partial charge in [-0.05, 0) is 25.8 Å². The SMILES string of the molecule is CCCCN1CCN(Cc2nc(C(=O)NCC3CCCO3)co2)CC1. The Morgan fingerprint density at radius 3 is 2.84 bits per heavy atom. The van der Waals surface area contributed by atoms with E-state index < -0.39 is 0 Å². The van der Waals surface area contributed by atoms with Crippen LogP contribution in [0.2, 0.25) is 0 Å². The van der Waals surface area contributed by atoms with Crippen molar-refractivity contribution in [3.05, 3.63) is 17.8 Å². The smallest absolute Gasteiger partial charge is 0.273 e. The number of hydrogen-bond acceptors (Lipinski definition) is 6. The molecule has 0 radical (unpaired) electrons. The number of ether oxygens (including phenoxy) is 1. The van der Waals surface area contributed by atoms with Crippen LogP contribution >= 0.6 is 0 Å². The lowest BCUT2D eigenvalue weighted by atomic mass is 10.2. The van der Waals surface area contributed by atoms with Crippen molar-refractivity contribution in [1.29, 1.82) is 0 Å². The Labute approximate surface area is 149 Å². The topological polar surface area (TPSA) is 70.8 Å². The molecular formula is C18H30N4O3. The third-order valence-electron chi connectivity index (χ3n) is 4.95. The first-order valence-electron chi connectivity index (χ1n) is 9.53. The molecule has 2 fully saturated rings. The van der Waals surface area contributed by atoms with E-state index >= 15 is 0 Å². The van der Waals surface area contributed by atoms with E-state index in [1.54, 1.807) is 0 Å². The van der Waals surface area contributed by atoms with Crippen molar-refractivity contribution in [1.82, 2.24) is 20.1 Å². The van der Waals surface area contributed by atoms with Gasteiger partial charge in [-0.2, -0.15) is 0 Å². The number of unbranched alkanes of at least 4 members (excludes halogenated alkanes) is 1. The molecular weight excluding hydrogens is 320 g/mol. The number of carbonyl (C=O) groups is 1. The molecule has 0 aliphatic carbocycles. The molecule has 1 aromatic heterocycles. The number of nitrogens with zero attached hydrogens (tertiary/aromatic N) is 3. The van der Waals surface area contributed by atoms with Crippen LogP contribution in [0.25, 0.3) is 0 Å². The largest absolute Gasteiger partial charge is 0.447 e. The fourth-order valence-corrected chi connectivity index (χ4v) is 3.33. The Morgan fingerprint density at radius 2 is 2.12 bits per heavy atom. The zero-order valence-electron chi connectivity index (χ0n) is 15.2. The number of piperazine rings is 1. The molecule has 0 bridgehead atoms. The Morgan fingerprint density at radius 1 is 1.32 bits per heavy atom. The average Bonchev–Trinajstić information content (AvgIpc) is 3.31. The normalized spacial score (nSPS) is 22.4. The number of nitrogens with one attached hydrogen (secondary N) is 1. The van der Waals surface area contributed by atoms with Crippen LogP contribution < -0.4 is 5.32 Å². The molecule has 0 spiro atoms. The van der Waals surface area contributed by atoms with Crippen molar-refractivity contribution >= 4 is 5.91 Å². The predicted molar refractivity (Wildman–Crippen MR) is 94.4 cm³/mol. The molecule has 3 rings (SSSR count). The first kappa shape index (κ1) is 18.4. The minimum Gasteiger partial charge on any atom is -0.447 e. The van der Waals surface area contributed by atoms with Crippen molar-refractivity contribution in [2.45, 2.75) is 45.3 Å². The maximum atomic E-state index is 12.1. The summed E-state index contributed by atoms with van der Waals surface area (Å²) in [6.07, 6.45) is 6.18. The molecule has 7 nitrogen and oxygen atoms in total. The van der Waals surface area contributed by atoms with Crippen LogP contribution in [0.5, 0.6) is 0 Å². The minimum atomic E-state index is -0.185. The zero-order valence-corrected chi connectivity index (χ0v) is 15.2. The van der Waals surface area contributed by atoms with Gasteiger partial charge < -0.3 is 19.4 Å². The van der Waals surface area contributed by atoms with Crippen LogP contribution in [0, 0.1) is 0 Å². The Kier molecular flexibility index (Phi) is 6.84. The number of hydrogen-bond donors (Lipinski definition) is 1. The van der Waals surface area contributed by atoms with Crippen molar-refractivity contribution in [3.63, 3.8) is 0 Å². The Hall–Kier alpha value is -1.44. The summed E-state index contributed by atoms with van der Waals surface area (Å²) in [5.74, 6) is 0.430. The number of carbonyl (C=O) groups excluding carboxylic acids is 1. The Bertz CT molecular complexity index is 534. The summed E-state index contributed by atoms with van der Waals surface area (Å²) in [4.78, 5) is 21.3. The van der Waals surface area contributed by atoms with E-state index in [2.05, 4.69) is 27.0 Å². The van der Waals surface area contributed by atoms with Gasteiger partial charge in [-0.1, -0.05) is 13.3 Å². The molecule has 25 heavy (non-hydrogen) atoms. The van der Waals surface area contributed by atoms with E-state index in [4.69, 9.17) is 9.15 Å². The van der Waals surface area contributed by atoms with Gasteiger partial charge in [0, 0.05) is 39.3 Å². The summed E-state index contributed by atoms with van der Waals surface area (Å²) in [5.41, 5.74) is 0.356. The van der Waals surface area contributed by atoms with Crippen molar-refractivity contribution < 1.29 is 13.9 Å². The van der Waals surface area contributed by atoms with Crippen molar-refractivity contribution in [2.75, 3.05) is 45.9 Å². The Balaban J connectivity index is 1.40. The standard InChI is InChI=1S/C18H30N4O3/c1-2-3-6-21-7-9-22(10-8-21)13-17-20-16(14-25-17)18(23)19-12-15-5-4-11-24-15/h14-15H,2-13H2,1H3,(H,19,23). The van der Waals surface area contributed by atoms with Crippen LogP contribution in [0.4, 0.5) is 0 Å². The highest BCUT2D eigenvalue weighted by Gasteiger charge is 2.21. The predicted octanol–water partition coefficient (Wildman–Crippen LogP) is 1.50. The minimum absolute atomic E-state index is 0.138. The monoisotopic (exact) mass is 350 g/mol. The number of rotatable bonds is 8. The van der Waals surface area contributed by atoms with Gasteiger partial charge in [0.15, 0.2) is 5.69 Å². The van der Waals surface area contributed by atoms with Crippen LogP contribution in [0.1, 0.15) is 49.0 Å². The third-order valence-corrected chi connectivity index (χ3v) is 4.95. The van der Waals surface area contributed by atoms with Crippen LogP contribution in [0.15, 0.2) is 10.7 Å². The molecule has 1 amide bonds. The van der Waals surface area contributed by atoms with Crippen LogP contribution in [0.3, 0.4) is 0 Å². The molecule has 1 N–H and O–H groups in total. The van der Waals surface area contributed by atoms with Crippen LogP contribution in [-0.4, -0.2) is 72.7 Å². The molecule has 2 aliphatic heterocycles. The summed E-state index contributed by atoms with van der Waals surface area (Å²) in [6, 6.07) is 0. The number of aromatic nitrogens is 1. The molecule has 1 atom stereocenters. The van der Waals surface area contributed by atoms with Crippen molar-refractivity contribution in [2.24, 2.45) is 0 Å². The van der Waals surface area contributed by atoms with E-state index in [0.29, 0.717) is 24.7 Å². The van der Waals surface area contributed by atoms with Gasteiger partial charge in [-0.25, -0.2) is 4.98 Å². The average molecular weight is 350 g/mol. The second-order valence-corrected chi connectivity index (χ2v) is 6.94. The lowest BCUT2D eigenvalue weighted by molar-refractivity contribution is 0.0853. The van der Waals surface area contributed by atoms with Gasteiger partial charge in [0.05, 0.1) is 12.6 Å². The lowest BCUT2D eigenvalue weighted by Gasteiger charge is -2.33. The molecule has 1 unspecified atom stereocenters. The first-order chi connectivity index (χ1) is 12.2.